The van der Waals surface area contributed by atoms with Crippen LogP contribution in [-0.2, 0) is 0 Å². The monoisotopic (exact) mass is 207 g/mol. The molecule has 0 saturated heterocycles. The molecule has 4 heteroatoms. The van der Waals surface area contributed by atoms with Gasteiger partial charge in [-0.15, -0.1) is 4.91 Å². The van der Waals surface area contributed by atoms with Gasteiger partial charge in [-0.3, -0.25) is 0 Å². The van der Waals surface area contributed by atoms with Gasteiger partial charge in [0.2, 0.25) is 0 Å². The molecule has 0 rings (SSSR count). The smallest absolute Gasteiger partial charge is 0.0722 e. The first-order chi connectivity index (χ1) is 7.41. The van der Waals surface area contributed by atoms with Crippen molar-refractivity contribution in [3.63, 3.8) is 0 Å². The Hall–Kier alpha value is -1.71. The maximum Gasteiger partial charge on any atom is 0.0722 e. The molecule has 0 saturated carbocycles. The molecular weight excluding hydrogens is 190 g/mol. The molecule has 0 heterocycles. The van der Waals surface area contributed by atoms with E-state index in [2.05, 4.69) is 29.5 Å². The van der Waals surface area contributed by atoms with Gasteiger partial charge in [0.15, 0.2) is 0 Å². The first-order valence-electron chi connectivity index (χ1n) is 4.99. The van der Waals surface area contributed by atoms with E-state index >= 15 is 0 Å². The van der Waals surface area contributed by atoms with Crippen LogP contribution >= 0.6 is 0 Å². The van der Waals surface area contributed by atoms with E-state index < -0.39 is 0 Å². The fraction of sp³-hybridized carbons (Fsp3) is 0.364. The van der Waals surface area contributed by atoms with Crippen molar-refractivity contribution in [3.05, 3.63) is 41.4 Å². The Balaban J connectivity index is 3.48. The Morgan fingerprint density at radius 2 is 2.00 bits per heavy atom. The van der Waals surface area contributed by atoms with Crippen LogP contribution in [0.2, 0.25) is 0 Å². The van der Waals surface area contributed by atoms with Gasteiger partial charge in [-0.1, -0.05) is 43.7 Å². The molecule has 0 aliphatic heterocycles. The van der Waals surface area contributed by atoms with Crippen LogP contribution in [0, 0.1) is 4.91 Å². The predicted molar refractivity (Wildman–Crippen MR) is 64.4 cm³/mol. The largest absolute Gasteiger partial charge is 0.164 e. The second-order valence-electron chi connectivity index (χ2n) is 2.78. The van der Waals surface area contributed by atoms with Gasteiger partial charge in [-0.25, -0.2) is 0 Å². The van der Waals surface area contributed by atoms with Crippen molar-refractivity contribution in [2.45, 2.75) is 26.2 Å². The molecule has 82 valence electrons. The lowest BCUT2D eigenvalue weighted by Gasteiger charge is -1.82. The van der Waals surface area contributed by atoms with Crippen molar-refractivity contribution in [1.29, 1.82) is 0 Å². The average Bonchev–Trinajstić information content (AvgIpc) is 2.26. The number of nitrogens with one attached hydrogen (secondary N) is 1. The Labute approximate surface area is 90.4 Å². The molecule has 4 nitrogen and oxygen atoms in total. The van der Waals surface area contributed by atoms with Crippen molar-refractivity contribution >= 4 is 6.21 Å². The number of hydrogen-bond acceptors (Lipinski definition) is 3. The average molecular weight is 207 g/mol. The second-order valence-corrected chi connectivity index (χ2v) is 2.78. The van der Waals surface area contributed by atoms with E-state index in [0.29, 0.717) is 0 Å². The van der Waals surface area contributed by atoms with E-state index in [9.17, 15) is 4.91 Å². The van der Waals surface area contributed by atoms with Gasteiger partial charge in [0.1, 0.15) is 0 Å². The van der Waals surface area contributed by atoms with Crippen molar-refractivity contribution < 1.29 is 0 Å². The zero-order valence-corrected chi connectivity index (χ0v) is 8.97. The van der Waals surface area contributed by atoms with Crippen molar-refractivity contribution in [3.8, 4) is 0 Å². The normalized spacial score (nSPS) is 12.3. The summed E-state index contributed by atoms with van der Waals surface area (Å²) in [7, 11) is 0. The fourth-order valence-corrected chi connectivity index (χ4v) is 0.830. The number of unbranched alkanes of at least 4 members (excludes halogenated alkanes) is 1. The molecule has 0 amide bonds. The highest BCUT2D eigenvalue weighted by Gasteiger charge is 1.72. The van der Waals surface area contributed by atoms with Gasteiger partial charge in [0, 0.05) is 6.21 Å². The number of hydrazone groups is 1. The van der Waals surface area contributed by atoms with Crippen molar-refractivity contribution in [2.24, 2.45) is 10.4 Å². The van der Waals surface area contributed by atoms with E-state index in [1.54, 1.807) is 6.08 Å². The van der Waals surface area contributed by atoms with Crippen LogP contribution in [0.1, 0.15) is 26.2 Å². The van der Waals surface area contributed by atoms with Crippen LogP contribution in [0.4, 0.5) is 0 Å². The third-order valence-electron chi connectivity index (χ3n) is 1.51. The van der Waals surface area contributed by atoms with Gasteiger partial charge in [-0.05, 0) is 18.9 Å². The molecule has 0 bridgehead atoms. The number of rotatable bonds is 8. The SMILES string of the molecule is CCC/C=C/C/C=C/C=C/C=N\NN=O. The topological polar surface area (TPSA) is 53.8 Å². The zero-order chi connectivity index (χ0) is 11.2. The summed E-state index contributed by atoms with van der Waals surface area (Å²) in [6.07, 6.45) is 16.6. The van der Waals surface area contributed by atoms with Crippen LogP contribution in [0.3, 0.4) is 0 Å². The summed E-state index contributed by atoms with van der Waals surface area (Å²) < 4.78 is 0. The lowest BCUT2D eigenvalue weighted by Crippen LogP contribution is -1.89. The molecule has 0 unspecified atom stereocenters. The summed E-state index contributed by atoms with van der Waals surface area (Å²) >= 11 is 0. The highest BCUT2D eigenvalue weighted by atomic mass is 16.3. The zero-order valence-electron chi connectivity index (χ0n) is 8.97. The molecule has 15 heavy (non-hydrogen) atoms. The molecule has 0 aliphatic rings. The van der Waals surface area contributed by atoms with E-state index in [-0.39, 0.29) is 0 Å². The maximum absolute atomic E-state index is 9.54. The van der Waals surface area contributed by atoms with Gasteiger partial charge in [-0.2, -0.15) is 10.6 Å². The maximum atomic E-state index is 9.54. The predicted octanol–water partition coefficient (Wildman–Crippen LogP) is 3.10. The van der Waals surface area contributed by atoms with Gasteiger partial charge >= 0.3 is 0 Å². The summed E-state index contributed by atoms with van der Waals surface area (Å²) in [6.45, 7) is 2.16. The van der Waals surface area contributed by atoms with Crippen LogP contribution in [0.25, 0.3) is 0 Å². The second kappa shape index (κ2) is 12.3. The summed E-state index contributed by atoms with van der Waals surface area (Å²) in [5.41, 5.74) is 1.93. The van der Waals surface area contributed by atoms with E-state index in [1.165, 1.54) is 12.6 Å². The third kappa shape index (κ3) is 12.3. The molecule has 0 fully saturated rings. The molecule has 0 aromatic carbocycles. The van der Waals surface area contributed by atoms with Gasteiger partial charge in [0.05, 0.1) is 5.29 Å². The number of hydrogen-bond donors (Lipinski definition) is 1. The Bertz CT molecular complexity index is 255. The summed E-state index contributed by atoms with van der Waals surface area (Å²) in [4.78, 5) is 9.54. The minimum Gasteiger partial charge on any atom is -0.164 e. The molecular formula is C11H17N3O. The summed E-state index contributed by atoms with van der Waals surface area (Å²) in [5, 5.41) is 5.81. The Morgan fingerprint density at radius 3 is 2.73 bits per heavy atom. The molecule has 0 aliphatic carbocycles. The van der Waals surface area contributed by atoms with Crippen LogP contribution in [0.15, 0.2) is 46.8 Å². The fourth-order valence-electron chi connectivity index (χ4n) is 0.830. The highest BCUT2D eigenvalue weighted by molar-refractivity contribution is 5.71. The number of nitrogens with zero attached hydrogens (tertiary/aromatic N) is 2. The van der Waals surface area contributed by atoms with Crippen LogP contribution in [-0.4, -0.2) is 6.21 Å². The lowest BCUT2D eigenvalue weighted by atomic mass is 10.2. The van der Waals surface area contributed by atoms with Crippen LogP contribution in [0.5, 0.6) is 0 Å². The van der Waals surface area contributed by atoms with Crippen LogP contribution < -0.4 is 5.53 Å². The van der Waals surface area contributed by atoms with Crippen molar-refractivity contribution in [1.82, 2.24) is 5.53 Å². The summed E-state index contributed by atoms with van der Waals surface area (Å²) in [6, 6.07) is 0. The Morgan fingerprint density at radius 1 is 1.13 bits per heavy atom. The van der Waals surface area contributed by atoms with E-state index in [4.69, 9.17) is 0 Å². The summed E-state index contributed by atoms with van der Waals surface area (Å²) in [5.74, 6) is 0. The number of nitroso groups, excluding NO2 is 1. The van der Waals surface area contributed by atoms with E-state index in [1.807, 2.05) is 23.8 Å². The standard InChI is InChI=1S/C11H17N3O/c1-2-3-4-5-6-7-8-9-10-11-12-13-14-15/h4-5,7-11H,2-3,6H2,1H3,(H,13,15)/b5-4+,8-7+,10-9+,12-11-. The number of allylic oxidation sites excluding steroid dienone is 6. The molecule has 0 aromatic heterocycles. The minimum absolute atomic E-state index is 0.940. The first-order valence-corrected chi connectivity index (χ1v) is 4.99. The molecule has 0 atom stereocenters. The van der Waals surface area contributed by atoms with Gasteiger partial charge < -0.3 is 0 Å². The van der Waals surface area contributed by atoms with E-state index in [0.717, 1.165) is 12.8 Å². The third-order valence-corrected chi connectivity index (χ3v) is 1.51. The molecule has 0 radical (unpaired) electrons. The Kier molecular flexibility index (Phi) is 10.9. The lowest BCUT2D eigenvalue weighted by molar-refractivity contribution is 0.804. The highest BCUT2D eigenvalue weighted by Crippen LogP contribution is 1.92. The molecule has 0 spiro atoms. The molecule has 0 aromatic rings. The van der Waals surface area contributed by atoms with Crippen molar-refractivity contribution in [2.75, 3.05) is 0 Å². The van der Waals surface area contributed by atoms with Gasteiger partial charge in [0.25, 0.3) is 0 Å². The minimum atomic E-state index is 0.940. The first kappa shape index (κ1) is 13.3. The molecule has 1 N–H and O–H groups in total. The quantitative estimate of drug-likeness (QED) is 0.218.